The Morgan fingerprint density at radius 1 is 0.892 bits per heavy atom. The first-order chi connectivity index (χ1) is 17.4. The first kappa shape index (κ1) is 31.3. The van der Waals surface area contributed by atoms with Crippen LogP contribution in [0, 0.1) is 38.5 Å². The summed E-state index contributed by atoms with van der Waals surface area (Å²) in [5, 5.41) is 0. The summed E-state index contributed by atoms with van der Waals surface area (Å²) in [5.74, 6) is 4.40. The minimum absolute atomic E-state index is 0.112. The largest absolute Gasteiger partial charge is 0.489 e. The topological polar surface area (TPSA) is 70.8 Å². The predicted octanol–water partition coefficient (Wildman–Crippen LogP) is 8.61. The molecule has 0 aliphatic carbocycles. The average molecular weight is 518 g/mol. The van der Waals surface area contributed by atoms with E-state index in [1.54, 1.807) is 0 Å². The molecule has 2 rings (SSSR count). The smallest absolute Gasteiger partial charge is 0.404 e. The maximum Gasteiger partial charge on any atom is 0.404 e. The Morgan fingerprint density at radius 2 is 1.49 bits per heavy atom. The lowest BCUT2D eigenvalue weighted by atomic mass is 9.83. The number of carbonyl (C=O) groups is 1. The standard InChI is InChI=1S/C32H55NO4/c1-22(2)12-9-13-23(3)14-10-15-24(4)16-11-18-32(8)19-17-28-27(7)29(35-20-21-36-31(33)34)25(5)26(6)30(28)37-32/h22-24H,9-21H2,1-8H3,(H2,33,34)/t23-,24-,32-/m1/s1. The molecule has 0 aromatic heterocycles. The van der Waals surface area contributed by atoms with Gasteiger partial charge in [0.15, 0.2) is 0 Å². The first-order valence-electron chi connectivity index (χ1n) is 14.8. The van der Waals surface area contributed by atoms with Crippen molar-refractivity contribution in [2.24, 2.45) is 23.5 Å². The van der Waals surface area contributed by atoms with Crippen LogP contribution in [0.25, 0.3) is 0 Å². The van der Waals surface area contributed by atoms with E-state index in [9.17, 15) is 4.79 Å². The third kappa shape index (κ3) is 10.1. The highest BCUT2D eigenvalue weighted by Crippen LogP contribution is 2.45. The number of fused-ring (bicyclic) bond motifs is 1. The third-order valence-corrected chi connectivity index (χ3v) is 8.41. The number of hydrogen-bond donors (Lipinski definition) is 1. The van der Waals surface area contributed by atoms with Crippen molar-refractivity contribution in [3.05, 3.63) is 22.3 Å². The molecule has 0 unspecified atom stereocenters. The van der Waals surface area contributed by atoms with Gasteiger partial charge in [-0.05, 0) is 87.8 Å². The number of ether oxygens (including phenoxy) is 3. The van der Waals surface area contributed by atoms with Crippen molar-refractivity contribution >= 4 is 6.09 Å². The average Bonchev–Trinajstić information content (AvgIpc) is 2.81. The van der Waals surface area contributed by atoms with E-state index >= 15 is 0 Å². The van der Waals surface area contributed by atoms with E-state index in [1.807, 2.05) is 0 Å². The maximum atomic E-state index is 10.8. The minimum Gasteiger partial charge on any atom is -0.489 e. The van der Waals surface area contributed by atoms with Crippen LogP contribution in [0.15, 0.2) is 0 Å². The van der Waals surface area contributed by atoms with Crippen molar-refractivity contribution in [2.45, 2.75) is 132 Å². The first-order valence-corrected chi connectivity index (χ1v) is 14.8. The van der Waals surface area contributed by atoms with Gasteiger partial charge >= 0.3 is 6.09 Å². The highest BCUT2D eigenvalue weighted by molar-refractivity contribution is 5.64. The number of hydrogen-bond acceptors (Lipinski definition) is 4. The number of benzene rings is 1. The van der Waals surface area contributed by atoms with Crippen LogP contribution in [0.2, 0.25) is 0 Å². The van der Waals surface area contributed by atoms with E-state index in [-0.39, 0.29) is 18.8 Å². The molecule has 37 heavy (non-hydrogen) atoms. The van der Waals surface area contributed by atoms with Crippen LogP contribution in [0.4, 0.5) is 4.79 Å². The summed E-state index contributed by atoms with van der Waals surface area (Å²) in [6.07, 6.45) is 13.1. The molecule has 212 valence electrons. The molecule has 0 radical (unpaired) electrons. The molecule has 0 saturated heterocycles. The quantitative estimate of drug-likeness (QED) is 0.223. The summed E-state index contributed by atoms with van der Waals surface area (Å²) >= 11 is 0. The lowest BCUT2D eigenvalue weighted by Gasteiger charge is -2.38. The molecular formula is C32H55NO4. The van der Waals surface area contributed by atoms with Gasteiger partial charge in [-0.3, -0.25) is 0 Å². The van der Waals surface area contributed by atoms with Gasteiger partial charge in [-0.2, -0.15) is 0 Å². The molecule has 0 saturated carbocycles. The molecule has 0 spiro atoms. The number of amides is 1. The zero-order valence-electron chi connectivity index (χ0n) is 25.1. The Balaban J connectivity index is 1.82. The monoisotopic (exact) mass is 517 g/mol. The van der Waals surface area contributed by atoms with Gasteiger partial charge in [-0.1, -0.05) is 72.6 Å². The second kappa shape index (κ2) is 14.9. The molecule has 5 nitrogen and oxygen atoms in total. The fourth-order valence-corrected chi connectivity index (χ4v) is 5.76. The van der Waals surface area contributed by atoms with Gasteiger partial charge in [0.2, 0.25) is 0 Å². The van der Waals surface area contributed by atoms with Crippen LogP contribution >= 0.6 is 0 Å². The molecule has 1 aliphatic heterocycles. The second-order valence-corrected chi connectivity index (χ2v) is 12.4. The minimum atomic E-state index is -0.775. The molecule has 0 fully saturated rings. The van der Waals surface area contributed by atoms with E-state index < -0.39 is 6.09 Å². The van der Waals surface area contributed by atoms with Gasteiger partial charge in [-0.15, -0.1) is 0 Å². The lowest BCUT2D eigenvalue weighted by Crippen LogP contribution is -2.37. The molecule has 1 aromatic rings. The summed E-state index contributed by atoms with van der Waals surface area (Å²) in [6, 6.07) is 0. The molecule has 0 bridgehead atoms. The molecule has 1 aliphatic rings. The van der Waals surface area contributed by atoms with E-state index in [0.717, 1.165) is 65.2 Å². The van der Waals surface area contributed by atoms with E-state index in [0.29, 0.717) is 0 Å². The SMILES string of the molecule is Cc1c(C)c2c(c(C)c1OCCOC(N)=O)CC[C@@](C)(CCC[C@H](C)CCC[C@H](C)CCCC(C)C)O2. The van der Waals surface area contributed by atoms with Gasteiger partial charge in [0.1, 0.15) is 30.3 Å². The molecule has 1 heterocycles. The summed E-state index contributed by atoms with van der Waals surface area (Å²) in [5.41, 5.74) is 9.55. The van der Waals surface area contributed by atoms with E-state index in [1.165, 1.54) is 56.9 Å². The fourth-order valence-electron chi connectivity index (χ4n) is 5.76. The van der Waals surface area contributed by atoms with Crippen LogP contribution in [-0.2, 0) is 11.2 Å². The number of carbonyl (C=O) groups excluding carboxylic acids is 1. The van der Waals surface area contributed by atoms with Crippen LogP contribution < -0.4 is 15.2 Å². The summed E-state index contributed by atoms with van der Waals surface area (Å²) in [7, 11) is 0. The summed E-state index contributed by atoms with van der Waals surface area (Å²) in [6.45, 7) is 18.5. The van der Waals surface area contributed by atoms with E-state index in [4.69, 9.17) is 19.9 Å². The molecule has 1 amide bonds. The van der Waals surface area contributed by atoms with Crippen LogP contribution in [0.3, 0.4) is 0 Å². The second-order valence-electron chi connectivity index (χ2n) is 12.4. The number of nitrogens with two attached hydrogens (primary N) is 1. The zero-order chi connectivity index (χ0) is 27.6. The number of primary amides is 1. The Kier molecular flexibility index (Phi) is 12.6. The highest BCUT2D eigenvalue weighted by atomic mass is 16.6. The van der Waals surface area contributed by atoms with Crippen molar-refractivity contribution in [3.8, 4) is 11.5 Å². The van der Waals surface area contributed by atoms with Gasteiger partial charge in [0, 0.05) is 5.56 Å². The van der Waals surface area contributed by atoms with E-state index in [2.05, 4.69) is 55.4 Å². The Hall–Kier alpha value is -1.91. The molecule has 2 N–H and O–H groups in total. The molecule has 1 aromatic carbocycles. The Morgan fingerprint density at radius 3 is 2.08 bits per heavy atom. The third-order valence-electron chi connectivity index (χ3n) is 8.41. The van der Waals surface area contributed by atoms with Crippen LogP contribution in [0.5, 0.6) is 11.5 Å². The normalized spacial score (nSPS) is 18.7. The zero-order valence-corrected chi connectivity index (χ0v) is 25.1. The molecule has 5 heteroatoms. The van der Waals surface area contributed by atoms with Gasteiger partial charge in [-0.25, -0.2) is 4.79 Å². The molecular weight excluding hydrogens is 462 g/mol. The number of rotatable bonds is 16. The van der Waals surface area contributed by atoms with Gasteiger partial charge in [0.05, 0.1) is 0 Å². The molecule has 3 atom stereocenters. The van der Waals surface area contributed by atoms with Crippen molar-refractivity contribution in [1.29, 1.82) is 0 Å². The van der Waals surface area contributed by atoms with Crippen molar-refractivity contribution < 1.29 is 19.0 Å². The van der Waals surface area contributed by atoms with Crippen LogP contribution in [0.1, 0.15) is 121 Å². The highest BCUT2D eigenvalue weighted by Gasteiger charge is 2.34. The Labute approximate surface area is 227 Å². The van der Waals surface area contributed by atoms with Crippen molar-refractivity contribution in [1.82, 2.24) is 0 Å². The summed E-state index contributed by atoms with van der Waals surface area (Å²) in [4.78, 5) is 10.8. The fraction of sp³-hybridized carbons (Fsp3) is 0.781. The Bertz CT molecular complexity index is 865. The van der Waals surface area contributed by atoms with Crippen molar-refractivity contribution in [3.63, 3.8) is 0 Å². The maximum absolute atomic E-state index is 10.8. The van der Waals surface area contributed by atoms with Crippen molar-refractivity contribution in [2.75, 3.05) is 13.2 Å². The van der Waals surface area contributed by atoms with Crippen LogP contribution in [-0.4, -0.2) is 24.9 Å². The lowest BCUT2D eigenvalue weighted by molar-refractivity contribution is 0.0511. The van der Waals surface area contributed by atoms with Gasteiger partial charge in [0.25, 0.3) is 0 Å². The summed E-state index contributed by atoms with van der Waals surface area (Å²) < 4.78 is 17.5. The predicted molar refractivity (Wildman–Crippen MR) is 154 cm³/mol. The van der Waals surface area contributed by atoms with Gasteiger partial charge < -0.3 is 19.9 Å².